The van der Waals surface area contributed by atoms with Crippen LogP contribution < -0.4 is 15.4 Å². The molecular formula is C23H25N3O2. The highest BCUT2D eigenvalue weighted by Crippen LogP contribution is 2.35. The van der Waals surface area contributed by atoms with Crippen molar-refractivity contribution in [1.29, 1.82) is 5.26 Å². The Hall–Kier alpha value is -2.84. The Morgan fingerprint density at radius 3 is 2.39 bits per heavy atom. The van der Waals surface area contributed by atoms with Crippen molar-refractivity contribution in [1.82, 2.24) is 10.6 Å². The minimum Gasteiger partial charge on any atom is -0.497 e. The Kier molecular flexibility index (Phi) is 5.31. The number of nitrogens with one attached hydrogen (secondary N) is 2. The van der Waals surface area contributed by atoms with Gasteiger partial charge >= 0.3 is 0 Å². The van der Waals surface area contributed by atoms with Crippen molar-refractivity contribution in [3.8, 4) is 22.9 Å². The summed E-state index contributed by atoms with van der Waals surface area (Å²) in [4.78, 5) is 12.6. The molecule has 2 aromatic rings. The fourth-order valence-electron chi connectivity index (χ4n) is 4.39. The van der Waals surface area contributed by atoms with Crippen molar-refractivity contribution in [2.45, 2.75) is 43.8 Å². The minimum atomic E-state index is -0.514. The first kappa shape index (κ1) is 18.5. The molecule has 2 fully saturated rings. The van der Waals surface area contributed by atoms with E-state index in [9.17, 15) is 10.1 Å². The van der Waals surface area contributed by atoms with Gasteiger partial charge in [-0.25, -0.2) is 0 Å². The summed E-state index contributed by atoms with van der Waals surface area (Å²) in [5.74, 6) is 1.22. The molecule has 5 nitrogen and oxygen atoms in total. The summed E-state index contributed by atoms with van der Waals surface area (Å²) in [6.07, 6.45) is 3.87. The van der Waals surface area contributed by atoms with E-state index in [1.54, 1.807) is 7.11 Å². The van der Waals surface area contributed by atoms with Gasteiger partial charge in [-0.05, 0) is 54.0 Å². The van der Waals surface area contributed by atoms with Crippen LogP contribution in [0.3, 0.4) is 0 Å². The van der Waals surface area contributed by atoms with Crippen LogP contribution >= 0.6 is 0 Å². The molecule has 1 saturated carbocycles. The summed E-state index contributed by atoms with van der Waals surface area (Å²) in [6.45, 7) is 0. The van der Waals surface area contributed by atoms with Gasteiger partial charge in [-0.3, -0.25) is 4.79 Å². The number of piperidine rings is 1. The predicted octanol–water partition coefficient (Wildman–Crippen LogP) is 3.05. The summed E-state index contributed by atoms with van der Waals surface area (Å²) >= 11 is 0. The van der Waals surface area contributed by atoms with Crippen molar-refractivity contribution >= 4 is 5.91 Å². The van der Waals surface area contributed by atoms with Gasteiger partial charge in [0.05, 0.1) is 19.2 Å². The van der Waals surface area contributed by atoms with Crippen LogP contribution in [0.1, 0.15) is 24.8 Å². The van der Waals surface area contributed by atoms with Gasteiger partial charge in [0.2, 0.25) is 5.91 Å². The molecule has 1 aliphatic heterocycles. The van der Waals surface area contributed by atoms with Gasteiger partial charge < -0.3 is 15.4 Å². The molecule has 28 heavy (non-hydrogen) atoms. The number of hydrogen-bond acceptors (Lipinski definition) is 4. The smallest absolute Gasteiger partial charge is 0.238 e. The molecule has 2 aliphatic rings. The van der Waals surface area contributed by atoms with E-state index in [2.05, 4.69) is 16.7 Å². The van der Waals surface area contributed by atoms with Crippen molar-refractivity contribution in [2.24, 2.45) is 5.92 Å². The molecule has 0 spiro atoms. The van der Waals surface area contributed by atoms with Crippen LogP contribution in [0.15, 0.2) is 48.5 Å². The molecule has 1 saturated heterocycles. The summed E-state index contributed by atoms with van der Waals surface area (Å²) in [7, 11) is 1.65. The average Bonchev–Trinajstić information content (AvgIpc) is 3.37. The third-order valence-corrected chi connectivity index (χ3v) is 5.93. The van der Waals surface area contributed by atoms with Crippen molar-refractivity contribution < 1.29 is 9.53 Å². The number of nitrogens with zero attached hydrogens (tertiary/aromatic N) is 1. The van der Waals surface area contributed by atoms with Crippen LogP contribution in [0.5, 0.6) is 5.75 Å². The zero-order valence-electron chi connectivity index (χ0n) is 16.0. The fourth-order valence-corrected chi connectivity index (χ4v) is 4.39. The number of ether oxygens (including phenoxy) is 1. The van der Waals surface area contributed by atoms with Crippen molar-refractivity contribution in [2.75, 3.05) is 7.11 Å². The number of carbonyl (C=O) groups excluding carboxylic acids is 1. The van der Waals surface area contributed by atoms with Crippen LogP contribution in [-0.2, 0) is 11.2 Å². The Bertz CT molecular complexity index is 870. The van der Waals surface area contributed by atoms with Crippen molar-refractivity contribution in [3.05, 3.63) is 54.1 Å². The molecule has 1 heterocycles. The van der Waals surface area contributed by atoms with Crippen LogP contribution in [0.2, 0.25) is 0 Å². The molecule has 2 N–H and O–H groups in total. The highest BCUT2D eigenvalue weighted by atomic mass is 16.5. The van der Waals surface area contributed by atoms with Gasteiger partial charge in [-0.1, -0.05) is 36.4 Å². The topological polar surface area (TPSA) is 74.1 Å². The second kappa shape index (κ2) is 8.04. The van der Waals surface area contributed by atoms with Gasteiger partial charge in [-0.2, -0.15) is 5.26 Å². The van der Waals surface area contributed by atoms with Gasteiger partial charge in [0.25, 0.3) is 0 Å². The van der Waals surface area contributed by atoms with E-state index in [1.165, 1.54) is 0 Å². The molecule has 0 unspecified atom stereocenters. The summed E-state index contributed by atoms with van der Waals surface area (Å²) in [6, 6.07) is 18.1. The average molecular weight is 375 g/mol. The van der Waals surface area contributed by atoms with Crippen LogP contribution in [0.4, 0.5) is 0 Å². The fraction of sp³-hybridized carbons (Fsp3) is 0.391. The molecule has 4 atom stereocenters. The van der Waals surface area contributed by atoms with Crippen LogP contribution in [0, 0.1) is 17.2 Å². The van der Waals surface area contributed by atoms with E-state index in [1.807, 2.05) is 48.5 Å². The van der Waals surface area contributed by atoms with Crippen LogP contribution in [-0.4, -0.2) is 31.1 Å². The lowest BCUT2D eigenvalue weighted by atomic mass is 9.98. The second-order valence-corrected chi connectivity index (χ2v) is 7.73. The molecule has 5 heteroatoms. The zero-order chi connectivity index (χ0) is 19.5. The first-order valence-corrected chi connectivity index (χ1v) is 9.85. The highest BCUT2D eigenvalue weighted by molar-refractivity contribution is 5.83. The maximum atomic E-state index is 12.6. The van der Waals surface area contributed by atoms with Gasteiger partial charge in [0, 0.05) is 12.5 Å². The lowest BCUT2D eigenvalue weighted by Crippen LogP contribution is -2.50. The molecule has 1 amide bonds. The van der Waals surface area contributed by atoms with E-state index in [0.717, 1.165) is 41.7 Å². The zero-order valence-corrected chi connectivity index (χ0v) is 16.0. The number of benzene rings is 2. The van der Waals surface area contributed by atoms with E-state index in [0.29, 0.717) is 18.4 Å². The lowest BCUT2D eigenvalue weighted by molar-refractivity contribution is -0.124. The summed E-state index contributed by atoms with van der Waals surface area (Å²) in [5, 5.41) is 15.8. The molecule has 2 aromatic carbocycles. The number of carbonyl (C=O) groups is 1. The molecule has 2 bridgehead atoms. The lowest BCUT2D eigenvalue weighted by Gasteiger charge is -2.23. The van der Waals surface area contributed by atoms with E-state index in [-0.39, 0.29) is 11.9 Å². The number of amides is 1. The molecule has 0 aromatic heterocycles. The Labute approximate surface area is 165 Å². The number of hydrogen-bond donors (Lipinski definition) is 2. The Balaban J connectivity index is 1.37. The molecule has 4 rings (SSSR count). The van der Waals surface area contributed by atoms with E-state index < -0.39 is 6.04 Å². The molecular weight excluding hydrogens is 350 g/mol. The Morgan fingerprint density at radius 2 is 1.86 bits per heavy atom. The first-order chi connectivity index (χ1) is 13.7. The SMILES string of the molecule is COc1ccc(-c2ccc(C[C@@H](C#N)NC(=O)[C@H]3N[C@@H]4CC[C@H]3C4)cc2)cc1. The monoisotopic (exact) mass is 375 g/mol. The van der Waals surface area contributed by atoms with Crippen LogP contribution in [0.25, 0.3) is 11.1 Å². The van der Waals surface area contributed by atoms with Gasteiger partial charge in [0.15, 0.2) is 0 Å². The van der Waals surface area contributed by atoms with E-state index >= 15 is 0 Å². The second-order valence-electron chi connectivity index (χ2n) is 7.73. The maximum Gasteiger partial charge on any atom is 0.238 e. The summed E-state index contributed by atoms with van der Waals surface area (Å²) in [5.41, 5.74) is 3.25. The number of fused-ring (bicyclic) bond motifs is 2. The number of rotatable bonds is 6. The normalized spacial score (nSPS) is 23.8. The van der Waals surface area contributed by atoms with Gasteiger partial charge in [-0.15, -0.1) is 0 Å². The third kappa shape index (κ3) is 3.88. The standard InChI is InChI=1S/C23H25N3O2/c1-28-21-10-7-17(8-11-21)16-4-2-15(3-5-16)12-20(14-24)26-23(27)22-18-6-9-19(13-18)25-22/h2-5,7-8,10-11,18-20,22,25H,6,9,12-13H2,1H3,(H,26,27)/t18-,19+,20-,22-/m0/s1. The summed E-state index contributed by atoms with van der Waals surface area (Å²) < 4.78 is 5.20. The van der Waals surface area contributed by atoms with Gasteiger partial charge in [0.1, 0.15) is 11.8 Å². The molecule has 1 aliphatic carbocycles. The predicted molar refractivity (Wildman–Crippen MR) is 108 cm³/mol. The number of methoxy groups -OCH3 is 1. The highest BCUT2D eigenvalue weighted by Gasteiger charge is 2.42. The Morgan fingerprint density at radius 1 is 1.18 bits per heavy atom. The number of nitriles is 1. The maximum absolute atomic E-state index is 12.6. The van der Waals surface area contributed by atoms with E-state index in [4.69, 9.17) is 4.74 Å². The largest absolute Gasteiger partial charge is 0.497 e. The molecule has 144 valence electrons. The molecule has 0 radical (unpaired) electrons. The quantitative estimate of drug-likeness (QED) is 0.814. The first-order valence-electron chi connectivity index (χ1n) is 9.85. The third-order valence-electron chi connectivity index (χ3n) is 5.93. The minimum absolute atomic E-state index is 0.0337. The van der Waals surface area contributed by atoms with Crippen molar-refractivity contribution in [3.63, 3.8) is 0 Å².